The molecule has 0 unspecified atom stereocenters. The second-order valence-electron chi connectivity index (χ2n) is 5.62. The molecule has 0 spiro atoms. The van der Waals surface area contributed by atoms with E-state index in [0.29, 0.717) is 5.92 Å². The van der Waals surface area contributed by atoms with Crippen molar-refractivity contribution in [2.45, 2.75) is 32.6 Å². The summed E-state index contributed by atoms with van der Waals surface area (Å²) in [4.78, 5) is 16.3. The van der Waals surface area contributed by atoms with Gasteiger partial charge in [0.25, 0.3) is 0 Å². The average Bonchev–Trinajstić information content (AvgIpc) is 2.39. The zero-order valence-corrected chi connectivity index (χ0v) is 10.9. The molecular weight excluding hydrogens is 214 g/mol. The number of carbonyl (C=O) groups excluding carboxylic acids is 1. The molecule has 2 heterocycles. The SMILES string of the molecule is CC1CCN(C(=O)N2CCC(CN)CC2)CC1. The normalized spacial score (nSPS) is 24.1. The summed E-state index contributed by atoms with van der Waals surface area (Å²) in [6, 6.07) is 0.257. The maximum Gasteiger partial charge on any atom is 0.319 e. The molecule has 2 amide bonds. The Hall–Kier alpha value is -0.770. The fourth-order valence-corrected chi connectivity index (χ4v) is 2.76. The van der Waals surface area contributed by atoms with Crippen molar-refractivity contribution in [2.75, 3.05) is 32.7 Å². The predicted molar refractivity (Wildman–Crippen MR) is 68.7 cm³/mol. The van der Waals surface area contributed by atoms with E-state index in [-0.39, 0.29) is 6.03 Å². The Kier molecular flexibility index (Phi) is 4.26. The Bertz CT molecular complexity index is 253. The molecule has 0 saturated carbocycles. The van der Waals surface area contributed by atoms with Crippen molar-refractivity contribution < 1.29 is 4.79 Å². The van der Waals surface area contributed by atoms with Gasteiger partial charge in [-0.15, -0.1) is 0 Å². The minimum Gasteiger partial charge on any atom is -0.330 e. The maximum atomic E-state index is 12.3. The van der Waals surface area contributed by atoms with Gasteiger partial charge in [0.2, 0.25) is 0 Å². The number of hydrogen-bond acceptors (Lipinski definition) is 2. The smallest absolute Gasteiger partial charge is 0.319 e. The molecule has 2 saturated heterocycles. The van der Waals surface area contributed by atoms with Gasteiger partial charge in [-0.05, 0) is 44.1 Å². The molecule has 2 fully saturated rings. The summed E-state index contributed by atoms with van der Waals surface area (Å²) >= 11 is 0. The Morgan fingerprint density at radius 3 is 2.00 bits per heavy atom. The lowest BCUT2D eigenvalue weighted by Crippen LogP contribution is -2.49. The summed E-state index contributed by atoms with van der Waals surface area (Å²) < 4.78 is 0. The van der Waals surface area contributed by atoms with E-state index >= 15 is 0 Å². The van der Waals surface area contributed by atoms with Gasteiger partial charge in [-0.3, -0.25) is 0 Å². The fourth-order valence-electron chi connectivity index (χ4n) is 2.76. The lowest BCUT2D eigenvalue weighted by molar-refractivity contribution is 0.119. The largest absolute Gasteiger partial charge is 0.330 e. The monoisotopic (exact) mass is 239 g/mol. The molecule has 2 aliphatic heterocycles. The van der Waals surface area contributed by atoms with E-state index in [4.69, 9.17) is 5.73 Å². The van der Waals surface area contributed by atoms with Gasteiger partial charge >= 0.3 is 6.03 Å². The van der Waals surface area contributed by atoms with E-state index in [1.54, 1.807) is 0 Å². The van der Waals surface area contributed by atoms with Crippen LogP contribution in [0.1, 0.15) is 32.6 Å². The van der Waals surface area contributed by atoms with Crippen molar-refractivity contribution in [1.82, 2.24) is 9.80 Å². The van der Waals surface area contributed by atoms with Gasteiger partial charge in [-0.1, -0.05) is 6.92 Å². The van der Waals surface area contributed by atoms with Crippen LogP contribution in [0.5, 0.6) is 0 Å². The van der Waals surface area contributed by atoms with Crippen molar-refractivity contribution >= 4 is 6.03 Å². The third kappa shape index (κ3) is 3.12. The third-order valence-corrected chi connectivity index (χ3v) is 4.27. The zero-order chi connectivity index (χ0) is 12.3. The highest BCUT2D eigenvalue weighted by Crippen LogP contribution is 2.20. The molecule has 0 atom stereocenters. The summed E-state index contributed by atoms with van der Waals surface area (Å²) in [7, 11) is 0. The maximum absolute atomic E-state index is 12.3. The number of urea groups is 1. The number of nitrogens with two attached hydrogens (primary N) is 1. The van der Waals surface area contributed by atoms with Crippen LogP contribution in [-0.2, 0) is 0 Å². The van der Waals surface area contributed by atoms with E-state index in [1.807, 2.05) is 9.80 Å². The summed E-state index contributed by atoms with van der Waals surface area (Å²) in [6.07, 6.45) is 4.47. The number of piperidine rings is 2. The number of hydrogen-bond donors (Lipinski definition) is 1. The van der Waals surface area contributed by atoms with Crippen LogP contribution in [0.3, 0.4) is 0 Å². The summed E-state index contributed by atoms with van der Waals surface area (Å²) in [5.41, 5.74) is 5.67. The Labute approximate surface area is 104 Å². The summed E-state index contributed by atoms with van der Waals surface area (Å²) in [6.45, 7) is 6.71. The lowest BCUT2D eigenvalue weighted by Gasteiger charge is -2.38. The van der Waals surface area contributed by atoms with Gasteiger partial charge in [0.05, 0.1) is 0 Å². The van der Waals surface area contributed by atoms with Gasteiger partial charge in [-0.25, -0.2) is 4.79 Å². The Balaban J connectivity index is 1.80. The summed E-state index contributed by atoms with van der Waals surface area (Å²) in [5.74, 6) is 1.41. The van der Waals surface area contributed by atoms with Gasteiger partial charge in [0.1, 0.15) is 0 Å². The van der Waals surface area contributed by atoms with Gasteiger partial charge in [0.15, 0.2) is 0 Å². The number of amides is 2. The molecule has 0 aliphatic carbocycles. The number of likely N-dealkylation sites (tertiary alicyclic amines) is 2. The molecule has 2 rings (SSSR count). The first-order valence-electron chi connectivity index (χ1n) is 6.94. The van der Waals surface area contributed by atoms with Crippen LogP contribution < -0.4 is 5.73 Å². The first-order chi connectivity index (χ1) is 8.20. The molecule has 0 bridgehead atoms. The highest BCUT2D eigenvalue weighted by atomic mass is 16.2. The minimum absolute atomic E-state index is 0.257. The van der Waals surface area contributed by atoms with Crippen LogP contribution in [0, 0.1) is 11.8 Å². The summed E-state index contributed by atoms with van der Waals surface area (Å²) in [5, 5.41) is 0. The number of rotatable bonds is 1. The first kappa shape index (κ1) is 12.7. The molecular formula is C13H25N3O. The van der Waals surface area contributed by atoms with Crippen molar-refractivity contribution in [3.8, 4) is 0 Å². The lowest BCUT2D eigenvalue weighted by atomic mass is 9.97. The second-order valence-corrected chi connectivity index (χ2v) is 5.62. The van der Waals surface area contributed by atoms with Crippen molar-refractivity contribution in [2.24, 2.45) is 17.6 Å². The van der Waals surface area contributed by atoms with Crippen molar-refractivity contribution in [3.05, 3.63) is 0 Å². The Morgan fingerprint density at radius 1 is 1.06 bits per heavy atom. The fraction of sp³-hybridized carbons (Fsp3) is 0.923. The highest BCUT2D eigenvalue weighted by Gasteiger charge is 2.27. The van der Waals surface area contributed by atoms with E-state index in [2.05, 4.69) is 6.92 Å². The molecule has 0 aromatic rings. The minimum atomic E-state index is 0.257. The quantitative estimate of drug-likeness (QED) is 0.754. The highest BCUT2D eigenvalue weighted by molar-refractivity contribution is 5.74. The van der Waals surface area contributed by atoms with Crippen LogP contribution in [0.4, 0.5) is 4.79 Å². The van der Waals surface area contributed by atoms with Gasteiger partial charge < -0.3 is 15.5 Å². The third-order valence-electron chi connectivity index (χ3n) is 4.27. The molecule has 2 aliphatic rings. The average molecular weight is 239 g/mol. The molecule has 2 N–H and O–H groups in total. The van der Waals surface area contributed by atoms with Crippen molar-refractivity contribution in [1.29, 1.82) is 0 Å². The van der Waals surface area contributed by atoms with Crippen LogP contribution in [0.25, 0.3) is 0 Å². The van der Waals surface area contributed by atoms with E-state index in [9.17, 15) is 4.79 Å². The molecule has 0 aromatic carbocycles. The van der Waals surface area contributed by atoms with Gasteiger partial charge in [0, 0.05) is 26.2 Å². The molecule has 4 heteroatoms. The zero-order valence-electron chi connectivity index (χ0n) is 10.9. The second kappa shape index (κ2) is 5.71. The number of carbonyl (C=O) groups is 1. The standard InChI is InChI=1S/C13H25N3O/c1-11-2-6-15(7-3-11)13(17)16-8-4-12(10-14)5-9-16/h11-12H,2-10,14H2,1H3. The van der Waals surface area contributed by atoms with Gasteiger partial charge in [-0.2, -0.15) is 0 Å². The molecule has 0 radical (unpaired) electrons. The molecule has 17 heavy (non-hydrogen) atoms. The topological polar surface area (TPSA) is 49.6 Å². The van der Waals surface area contributed by atoms with E-state index < -0.39 is 0 Å². The Morgan fingerprint density at radius 2 is 1.53 bits per heavy atom. The van der Waals surface area contributed by atoms with Crippen LogP contribution in [-0.4, -0.2) is 48.6 Å². The van der Waals surface area contributed by atoms with E-state index in [1.165, 1.54) is 0 Å². The molecule has 98 valence electrons. The number of nitrogens with zero attached hydrogens (tertiary/aromatic N) is 2. The van der Waals surface area contributed by atoms with Crippen LogP contribution >= 0.6 is 0 Å². The van der Waals surface area contributed by atoms with E-state index in [0.717, 1.165) is 64.3 Å². The van der Waals surface area contributed by atoms with Crippen molar-refractivity contribution in [3.63, 3.8) is 0 Å². The molecule has 0 aromatic heterocycles. The van der Waals surface area contributed by atoms with Crippen LogP contribution in [0.15, 0.2) is 0 Å². The van der Waals surface area contributed by atoms with Crippen LogP contribution in [0.2, 0.25) is 0 Å². The predicted octanol–water partition coefficient (Wildman–Crippen LogP) is 1.51. The molecule has 4 nitrogen and oxygen atoms in total. The first-order valence-corrected chi connectivity index (χ1v) is 6.94.